The van der Waals surface area contributed by atoms with E-state index in [9.17, 15) is 9.59 Å². The van der Waals surface area contributed by atoms with Crippen molar-refractivity contribution in [2.45, 2.75) is 20.3 Å². The van der Waals surface area contributed by atoms with Gasteiger partial charge in [-0.1, -0.05) is 0 Å². The van der Waals surface area contributed by atoms with Crippen LogP contribution >= 0.6 is 11.3 Å². The Morgan fingerprint density at radius 2 is 2.11 bits per heavy atom. The summed E-state index contributed by atoms with van der Waals surface area (Å²) in [6.07, 6.45) is 0.299. The van der Waals surface area contributed by atoms with Crippen molar-refractivity contribution >= 4 is 28.3 Å². The highest BCUT2D eigenvalue weighted by Gasteiger charge is 2.12. The maximum atomic E-state index is 11.7. The standard InChI is InChI=1S/C11H18N4O2S/c1-3-15(4-2)9(16)5-6-13-10(17)8-7-18-11(12)14-8/h7H,3-6H2,1-2H3,(H2,12,14)(H,13,17). The van der Waals surface area contributed by atoms with E-state index in [0.29, 0.717) is 36.9 Å². The minimum Gasteiger partial charge on any atom is -0.375 e. The van der Waals surface area contributed by atoms with Gasteiger partial charge in [-0.15, -0.1) is 11.3 Å². The smallest absolute Gasteiger partial charge is 0.270 e. The van der Waals surface area contributed by atoms with Crippen molar-refractivity contribution in [2.24, 2.45) is 0 Å². The third-order valence-corrected chi connectivity index (χ3v) is 3.17. The van der Waals surface area contributed by atoms with Gasteiger partial charge in [0.1, 0.15) is 5.69 Å². The van der Waals surface area contributed by atoms with Crippen molar-refractivity contribution in [1.29, 1.82) is 0 Å². The summed E-state index contributed by atoms with van der Waals surface area (Å²) >= 11 is 1.22. The van der Waals surface area contributed by atoms with Crippen molar-refractivity contribution in [3.8, 4) is 0 Å². The Morgan fingerprint density at radius 1 is 1.44 bits per heavy atom. The Hall–Kier alpha value is -1.63. The van der Waals surface area contributed by atoms with Gasteiger partial charge < -0.3 is 16.0 Å². The van der Waals surface area contributed by atoms with Crippen LogP contribution in [0.1, 0.15) is 30.8 Å². The van der Waals surface area contributed by atoms with Gasteiger partial charge in [-0.25, -0.2) is 4.98 Å². The minimum atomic E-state index is -0.296. The maximum Gasteiger partial charge on any atom is 0.270 e. The van der Waals surface area contributed by atoms with Gasteiger partial charge in [0.2, 0.25) is 5.91 Å². The van der Waals surface area contributed by atoms with E-state index in [1.54, 1.807) is 10.3 Å². The molecule has 7 heteroatoms. The number of hydrogen-bond donors (Lipinski definition) is 2. The van der Waals surface area contributed by atoms with Crippen LogP contribution in [0.15, 0.2) is 5.38 Å². The number of nitrogens with two attached hydrogens (primary N) is 1. The number of carbonyl (C=O) groups is 2. The van der Waals surface area contributed by atoms with Crippen LogP contribution < -0.4 is 11.1 Å². The lowest BCUT2D eigenvalue weighted by molar-refractivity contribution is -0.130. The molecule has 3 N–H and O–H groups in total. The first-order valence-corrected chi connectivity index (χ1v) is 6.73. The second-order valence-electron chi connectivity index (χ2n) is 3.64. The Kier molecular flexibility index (Phi) is 5.57. The Morgan fingerprint density at radius 3 is 2.61 bits per heavy atom. The highest BCUT2D eigenvalue weighted by atomic mass is 32.1. The number of hydrogen-bond acceptors (Lipinski definition) is 5. The van der Waals surface area contributed by atoms with Crippen LogP contribution in [0.2, 0.25) is 0 Å². The molecule has 2 amide bonds. The summed E-state index contributed by atoms with van der Waals surface area (Å²) in [5.74, 6) is -0.256. The van der Waals surface area contributed by atoms with Crippen molar-refractivity contribution in [2.75, 3.05) is 25.4 Å². The van der Waals surface area contributed by atoms with Gasteiger partial charge >= 0.3 is 0 Å². The molecule has 0 aliphatic carbocycles. The van der Waals surface area contributed by atoms with Gasteiger partial charge in [-0.2, -0.15) is 0 Å². The molecule has 1 aromatic rings. The van der Waals surface area contributed by atoms with Gasteiger partial charge in [0.15, 0.2) is 5.13 Å². The number of nitrogens with zero attached hydrogens (tertiary/aromatic N) is 2. The molecule has 6 nitrogen and oxygen atoms in total. The number of nitrogens with one attached hydrogen (secondary N) is 1. The lowest BCUT2D eigenvalue weighted by atomic mass is 10.3. The summed E-state index contributed by atoms with van der Waals surface area (Å²) in [6.45, 7) is 5.54. The van der Waals surface area contributed by atoms with E-state index in [0.717, 1.165) is 0 Å². The molecule has 0 spiro atoms. The molecular formula is C11H18N4O2S. The highest BCUT2D eigenvalue weighted by Crippen LogP contribution is 2.10. The summed E-state index contributed by atoms with van der Waals surface area (Å²) in [6, 6.07) is 0. The van der Waals surface area contributed by atoms with Crippen LogP contribution in [0.4, 0.5) is 5.13 Å². The molecule has 0 radical (unpaired) electrons. The zero-order chi connectivity index (χ0) is 13.5. The van der Waals surface area contributed by atoms with E-state index in [4.69, 9.17) is 5.73 Å². The van der Waals surface area contributed by atoms with E-state index in [1.165, 1.54) is 11.3 Å². The van der Waals surface area contributed by atoms with Gasteiger partial charge in [-0.05, 0) is 13.8 Å². The predicted octanol–water partition coefficient (Wildman–Crippen LogP) is 0.714. The van der Waals surface area contributed by atoms with Crippen molar-refractivity contribution < 1.29 is 9.59 Å². The average Bonchev–Trinajstić information content (AvgIpc) is 2.77. The summed E-state index contributed by atoms with van der Waals surface area (Å²) in [7, 11) is 0. The lowest BCUT2D eigenvalue weighted by Crippen LogP contribution is -2.34. The molecule has 0 unspecified atom stereocenters. The highest BCUT2D eigenvalue weighted by molar-refractivity contribution is 7.13. The second-order valence-corrected chi connectivity index (χ2v) is 4.53. The fraction of sp³-hybridized carbons (Fsp3) is 0.545. The fourth-order valence-electron chi connectivity index (χ4n) is 1.50. The lowest BCUT2D eigenvalue weighted by Gasteiger charge is -2.18. The van der Waals surface area contributed by atoms with Crippen LogP contribution in [-0.4, -0.2) is 41.3 Å². The molecule has 100 valence electrons. The van der Waals surface area contributed by atoms with Crippen LogP contribution in [-0.2, 0) is 4.79 Å². The summed E-state index contributed by atoms with van der Waals surface area (Å²) in [5, 5.41) is 4.60. The first-order chi connectivity index (χ1) is 8.58. The molecule has 1 rings (SSSR count). The van der Waals surface area contributed by atoms with Crippen molar-refractivity contribution in [3.63, 3.8) is 0 Å². The molecule has 0 saturated heterocycles. The molecule has 0 aromatic carbocycles. The second kappa shape index (κ2) is 6.95. The monoisotopic (exact) mass is 270 g/mol. The molecule has 0 fully saturated rings. The summed E-state index contributed by atoms with van der Waals surface area (Å²) in [5.41, 5.74) is 5.73. The van der Waals surface area contributed by atoms with E-state index in [1.807, 2.05) is 13.8 Å². The van der Waals surface area contributed by atoms with Gasteiger partial charge in [0.05, 0.1) is 0 Å². The van der Waals surface area contributed by atoms with Crippen molar-refractivity contribution in [1.82, 2.24) is 15.2 Å². The summed E-state index contributed by atoms with van der Waals surface area (Å²) < 4.78 is 0. The number of nitrogen functional groups attached to an aromatic ring is 1. The SMILES string of the molecule is CCN(CC)C(=O)CCNC(=O)c1csc(N)n1. The van der Waals surface area contributed by atoms with E-state index >= 15 is 0 Å². The van der Waals surface area contributed by atoms with Gasteiger partial charge in [-0.3, -0.25) is 9.59 Å². The zero-order valence-corrected chi connectivity index (χ0v) is 11.4. The van der Waals surface area contributed by atoms with Crippen LogP contribution in [0.5, 0.6) is 0 Å². The van der Waals surface area contributed by atoms with E-state index in [-0.39, 0.29) is 11.8 Å². The molecule has 0 aliphatic rings. The number of carbonyl (C=O) groups excluding carboxylic acids is 2. The third kappa shape index (κ3) is 3.99. The van der Waals surface area contributed by atoms with Crippen LogP contribution in [0, 0.1) is 0 Å². The Bertz CT molecular complexity index is 415. The Balaban J connectivity index is 2.34. The number of aromatic nitrogens is 1. The fourth-order valence-corrected chi connectivity index (χ4v) is 2.04. The molecule has 18 heavy (non-hydrogen) atoms. The number of amides is 2. The Labute approximate surface area is 110 Å². The van der Waals surface area contributed by atoms with Gasteiger partial charge in [0.25, 0.3) is 5.91 Å². The average molecular weight is 270 g/mol. The van der Waals surface area contributed by atoms with Crippen LogP contribution in [0.3, 0.4) is 0 Å². The normalized spacial score (nSPS) is 10.1. The number of anilines is 1. The van der Waals surface area contributed by atoms with E-state index in [2.05, 4.69) is 10.3 Å². The minimum absolute atomic E-state index is 0.0399. The topological polar surface area (TPSA) is 88.3 Å². The predicted molar refractivity (Wildman–Crippen MR) is 71.4 cm³/mol. The molecule has 0 atom stereocenters. The number of rotatable bonds is 6. The maximum absolute atomic E-state index is 11.7. The molecule has 0 saturated carbocycles. The van der Waals surface area contributed by atoms with Crippen LogP contribution in [0.25, 0.3) is 0 Å². The van der Waals surface area contributed by atoms with E-state index < -0.39 is 0 Å². The molecule has 0 aliphatic heterocycles. The molecule has 1 heterocycles. The molecule has 0 bridgehead atoms. The summed E-state index contributed by atoms with van der Waals surface area (Å²) in [4.78, 5) is 28.9. The third-order valence-electron chi connectivity index (χ3n) is 2.50. The van der Waals surface area contributed by atoms with Crippen molar-refractivity contribution in [3.05, 3.63) is 11.1 Å². The first kappa shape index (κ1) is 14.4. The zero-order valence-electron chi connectivity index (χ0n) is 10.6. The molecular weight excluding hydrogens is 252 g/mol. The quantitative estimate of drug-likeness (QED) is 0.797. The largest absolute Gasteiger partial charge is 0.375 e. The molecule has 1 aromatic heterocycles. The first-order valence-electron chi connectivity index (χ1n) is 5.85. The van der Waals surface area contributed by atoms with Gasteiger partial charge in [0, 0.05) is 31.4 Å². The number of thiazole rings is 1.